The van der Waals surface area contributed by atoms with Crippen molar-refractivity contribution in [2.45, 2.75) is 0 Å². The highest BCUT2D eigenvalue weighted by Crippen LogP contribution is 2.18. The van der Waals surface area contributed by atoms with E-state index in [1.54, 1.807) is 13.2 Å². The average molecular weight is 276 g/mol. The molecule has 1 aromatic carbocycles. The van der Waals surface area contributed by atoms with Gasteiger partial charge < -0.3 is 14.8 Å². The minimum Gasteiger partial charge on any atom is -0.382 e. The molecule has 0 spiro atoms. The molecule has 0 aliphatic carbocycles. The molecule has 0 unspecified atom stereocenters. The number of carbonyl (C=O) groups is 1. The largest absolute Gasteiger partial charge is 0.382 e. The lowest BCUT2D eigenvalue weighted by molar-refractivity contribution is -0.121. The fourth-order valence-corrected chi connectivity index (χ4v) is 1.59. The van der Waals surface area contributed by atoms with E-state index in [9.17, 15) is 4.79 Å². The van der Waals surface area contributed by atoms with Crippen LogP contribution in [0.4, 0.5) is 5.69 Å². The van der Waals surface area contributed by atoms with Crippen molar-refractivity contribution in [3.05, 3.63) is 30.6 Å². The van der Waals surface area contributed by atoms with Gasteiger partial charge in [0.1, 0.15) is 12.9 Å². The number of ether oxygens (including phenoxy) is 2. The zero-order chi connectivity index (χ0) is 14.2. The van der Waals surface area contributed by atoms with Gasteiger partial charge >= 0.3 is 0 Å². The number of benzene rings is 1. The van der Waals surface area contributed by atoms with Crippen LogP contribution in [0.15, 0.2) is 30.6 Å². The zero-order valence-electron chi connectivity index (χ0n) is 11.1. The Balaban J connectivity index is 1.90. The van der Waals surface area contributed by atoms with Crippen molar-refractivity contribution in [3.63, 3.8) is 0 Å². The van der Waals surface area contributed by atoms with Crippen LogP contribution >= 0.6 is 0 Å². The number of carbonyl (C=O) groups excluding carboxylic acids is 1. The van der Waals surface area contributed by atoms with E-state index < -0.39 is 0 Å². The van der Waals surface area contributed by atoms with Crippen molar-refractivity contribution in [3.8, 4) is 11.4 Å². The molecule has 0 bridgehead atoms. The van der Waals surface area contributed by atoms with Gasteiger partial charge in [0.05, 0.1) is 13.2 Å². The monoisotopic (exact) mass is 276 g/mol. The minimum absolute atomic E-state index is 0.00407. The normalized spacial score (nSPS) is 10.4. The topological polar surface area (TPSA) is 89.1 Å². The van der Waals surface area contributed by atoms with Crippen LogP contribution in [-0.4, -0.2) is 48.0 Å². The van der Waals surface area contributed by atoms with Gasteiger partial charge in [0.2, 0.25) is 5.91 Å². The molecule has 20 heavy (non-hydrogen) atoms. The molecule has 0 aliphatic heterocycles. The lowest BCUT2D eigenvalue weighted by Crippen LogP contribution is -2.19. The number of methoxy groups -OCH3 is 1. The number of nitrogens with one attached hydrogen (secondary N) is 2. The second kappa shape index (κ2) is 7.37. The van der Waals surface area contributed by atoms with Gasteiger partial charge in [-0.25, -0.2) is 4.98 Å². The van der Waals surface area contributed by atoms with Gasteiger partial charge in [-0.3, -0.25) is 9.89 Å². The van der Waals surface area contributed by atoms with Gasteiger partial charge in [-0.05, 0) is 12.1 Å². The second-order valence-corrected chi connectivity index (χ2v) is 4.01. The summed E-state index contributed by atoms with van der Waals surface area (Å²) in [6.45, 7) is 0.853. The van der Waals surface area contributed by atoms with Gasteiger partial charge in [0.15, 0.2) is 5.82 Å². The van der Waals surface area contributed by atoms with Crippen LogP contribution in [0.5, 0.6) is 0 Å². The highest BCUT2D eigenvalue weighted by Gasteiger charge is 2.05. The smallest absolute Gasteiger partial charge is 0.250 e. The molecule has 0 fully saturated rings. The number of rotatable bonds is 7. The Hall–Kier alpha value is -2.25. The van der Waals surface area contributed by atoms with Gasteiger partial charge in [-0.2, -0.15) is 5.10 Å². The molecule has 1 aromatic heterocycles. The quantitative estimate of drug-likeness (QED) is 0.738. The molecule has 7 nitrogen and oxygen atoms in total. The predicted octanol–water partition coefficient (Wildman–Crippen LogP) is 1.07. The van der Waals surface area contributed by atoms with Crippen LogP contribution in [0.1, 0.15) is 0 Å². The van der Waals surface area contributed by atoms with Gasteiger partial charge in [0.25, 0.3) is 0 Å². The molecule has 1 amide bonds. The number of hydrogen-bond acceptors (Lipinski definition) is 5. The number of aromatic amines is 1. The fraction of sp³-hybridized carbons (Fsp3) is 0.308. The van der Waals surface area contributed by atoms with Gasteiger partial charge in [-0.15, -0.1) is 0 Å². The Bertz CT molecular complexity index is 542. The average Bonchev–Trinajstić information content (AvgIpc) is 2.98. The molecule has 0 radical (unpaired) electrons. The van der Waals surface area contributed by atoms with Crippen molar-refractivity contribution < 1.29 is 14.3 Å². The Morgan fingerprint density at radius 1 is 1.40 bits per heavy atom. The molecule has 0 aliphatic rings. The summed E-state index contributed by atoms with van der Waals surface area (Å²) in [6, 6.07) is 7.32. The summed E-state index contributed by atoms with van der Waals surface area (Å²) in [5.41, 5.74) is 1.53. The molecule has 0 saturated carbocycles. The number of aromatic nitrogens is 3. The molecule has 7 heteroatoms. The molecule has 2 rings (SSSR count). The Labute approximate surface area is 116 Å². The third-order valence-corrected chi connectivity index (χ3v) is 2.50. The summed E-state index contributed by atoms with van der Waals surface area (Å²) >= 11 is 0. The minimum atomic E-state index is -0.212. The van der Waals surface area contributed by atoms with E-state index in [4.69, 9.17) is 9.47 Å². The van der Waals surface area contributed by atoms with Crippen molar-refractivity contribution in [1.29, 1.82) is 0 Å². The molecule has 2 N–H and O–H groups in total. The van der Waals surface area contributed by atoms with Crippen LogP contribution < -0.4 is 5.32 Å². The number of anilines is 1. The third kappa shape index (κ3) is 4.15. The fourth-order valence-electron chi connectivity index (χ4n) is 1.59. The van der Waals surface area contributed by atoms with Crippen molar-refractivity contribution in [1.82, 2.24) is 15.2 Å². The maximum atomic E-state index is 11.7. The zero-order valence-corrected chi connectivity index (χ0v) is 11.1. The first kappa shape index (κ1) is 14.2. The Morgan fingerprint density at radius 2 is 2.30 bits per heavy atom. The summed E-state index contributed by atoms with van der Waals surface area (Å²) in [6.07, 6.45) is 1.43. The summed E-state index contributed by atoms with van der Waals surface area (Å²) in [4.78, 5) is 15.7. The van der Waals surface area contributed by atoms with Crippen molar-refractivity contribution in [2.24, 2.45) is 0 Å². The van der Waals surface area contributed by atoms with Crippen LogP contribution in [-0.2, 0) is 14.3 Å². The maximum absolute atomic E-state index is 11.7. The number of amides is 1. The van der Waals surface area contributed by atoms with E-state index in [0.717, 1.165) is 5.56 Å². The van der Waals surface area contributed by atoms with E-state index in [1.807, 2.05) is 18.2 Å². The number of nitrogens with zero attached hydrogens (tertiary/aromatic N) is 2. The highest BCUT2D eigenvalue weighted by atomic mass is 16.5. The van der Waals surface area contributed by atoms with E-state index in [0.29, 0.717) is 24.7 Å². The highest BCUT2D eigenvalue weighted by molar-refractivity contribution is 5.92. The molecule has 1 heterocycles. The van der Waals surface area contributed by atoms with E-state index in [2.05, 4.69) is 20.5 Å². The molecular formula is C13H16N4O3. The number of hydrogen-bond donors (Lipinski definition) is 2. The summed E-state index contributed by atoms with van der Waals surface area (Å²) < 4.78 is 9.97. The van der Waals surface area contributed by atoms with E-state index >= 15 is 0 Å². The van der Waals surface area contributed by atoms with Crippen molar-refractivity contribution in [2.75, 3.05) is 32.2 Å². The second-order valence-electron chi connectivity index (χ2n) is 4.01. The lowest BCUT2D eigenvalue weighted by atomic mass is 10.2. The molecule has 2 aromatic rings. The molecule has 0 saturated heterocycles. The van der Waals surface area contributed by atoms with E-state index in [-0.39, 0.29) is 12.5 Å². The van der Waals surface area contributed by atoms with Crippen LogP contribution in [0.25, 0.3) is 11.4 Å². The van der Waals surface area contributed by atoms with Gasteiger partial charge in [0, 0.05) is 18.4 Å². The first-order valence-corrected chi connectivity index (χ1v) is 6.12. The first-order valence-electron chi connectivity index (χ1n) is 6.12. The van der Waals surface area contributed by atoms with Gasteiger partial charge in [-0.1, -0.05) is 12.1 Å². The summed E-state index contributed by atoms with van der Waals surface area (Å²) in [5, 5.41) is 9.32. The van der Waals surface area contributed by atoms with Crippen LogP contribution in [0.2, 0.25) is 0 Å². The SMILES string of the molecule is COCCOCC(=O)Nc1cccc(-c2ncn[nH]2)c1. The van der Waals surface area contributed by atoms with Crippen molar-refractivity contribution >= 4 is 11.6 Å². The lowest BCUT2D eigenvalue weighted by Gasteiger charge is -2.07. The summed E-state index contributed by atoms with van der Waals surface area (Å²) in [7, 11) is 1.58. The first-order chi connectivity index (χ1) is 9.79. The maximum Gasteiger partial charge on any atom is 0.250 e. The summed E-state index contributed by atoms with van der Waals surface area (Å²) in [5.74, 6) is 0.438. The third-order valence-electron chi connectivity index (χ3n) is 2.50. The predicted molar refractivity (Wildman–Crippen MR) is 73.1 cm³/mol. The molecular weight excluding hydrogens is 260 g/mol. The number of H-pyrrole nitrogens is 1. The Morgan fingerprint density at radius 3 is 3.05 bits per heavy atom. The molecule has 0 atom stereocenters. The standard InChI is InChI=1S/C13H16N4O3/c1-19-5-6-20-8-12(18)16-11-4-2-3-10(7-11)13-14-9-15-17-13/h2-4,7,9H,5-6,8H2,1H3,(H,16,18)(H,14,15,17). The van der Waals surface area contributed by atoms with Crippen LogP contribution in [0.3, 0.4) is 0 Å². The Kier molecular flexibility index (Phi) is 5.22. The van der Waals surface area contributed by atoms with E-state index in [1.165, 1.54) is 6.33 Å². The molecule has 106 valence electrons. The van der Waals surface area contributed by atoms with Crippen LogP contribution in [0, 0.1) is 0 Å².